The molecule has 0 spiro atoms. The average Bonchev–Trinajstić information content (AvgIpc) is 2.42. The summed E-state index contributed by atoms with van der Waals surface area (Å²) < 4.78 is 28.1. The van der Waals surface area contributed by atoms with E-state index in [0.717, 1.165) is 22.2 Å². The minimum atomic E-state index is -0.465. The van der Waals surface area contributed by atoms with Crippen LogP contribution in [-0.4, -0.2) is 6.54 Å². The van der Waals surface area contributed by atoms with Crippen LogP contribution in [0, 0.1) is 11.6 Å². The van der Waals surface area contributed by atoms with E-state index in [1.807, 2.05) is 13.0 Å². The molecule has 5 heteroatoms. The Morgan fingerprint density at radius 2 is 1.95 bits per heavy atom. The van der Waals surface area contributed by atoms with Gasteiger partial charge in [0.2, 0.25) is 0 Å². The molecular weight excluding hydrogens is 348 g/mol. The van der Waals surface area contributed by atoms with E-state index in [2.05, 4.69) is 21.2 Å². The van der Waals surface area contributed by atoms with Crippen molar-refractivity contribution < 1.29 is 8.78 Å². The molecular formula is C15H13BrClF2N. The van der Waals surface area contributed by atoms with Gasteiger partial charge in [-0.3, -0.25) is 0 Å². The Hall–Kier alpha value is -0.970. The lowest BCUT2D eigenvalue weighted by Gasteiger charge is -2.20. The molecule has 0 amide bonds. The normalized spacial score (nSPS) is 12.4. The monoisotopic (exact) mass is 359 g/mol. The lowest BCUT2D eigenvalue weighted by Crippen LogP contribution is -2.23. The number of rotatable bonds is 4. The van der Waals surface area contributed by atoms with Gasteiger partial charge >= 0.3 is 0 Å². The number of benzene rings is 2. The van der Waals surface area contributed by atoms with E-state index in [0.29, 0.717) is 11.6 Å². The Morgan fingerprint density at radius 3 is 2.60 bits per heavy atom. The predicted molar refractivity (Wildman–Crippen MR) is 81.0 cm³/mol. The van der Waals surface area contributed by atoms with Gasteiger partial charge in [0, 0.05) is 10.0 Å². The summed E-state index contributed by atoms with van der Waals surface area (Å²) in [6.07, 6.45) is 0. The molecule has 0 heterocycles. The maximum Gasteiger partial charge on any atom is 0.128 e. The highest BCUT2D eigenvalue weighted by Crippen LogP contribution is 2.30. The van der Waals surface area contributed by atoms with E-state index >= 15 is 0 Å². The molecule has 106 valence electrons. The maximum atomic E-state index is 14.0. The summed E-state index contributed by atoms with van der Waals surface area (Å²) in [5, 5.41) is 3.68. The molecule has 0 aliphatic rings. The minimum absolute atomic E-state index is 0.269. The van der Waals surface area contributed by atoms with Crippen LogP contribution in [0.25, 0.3) is 0 Å². The predicted octanol–water partition coefficient (Wildman–Crippen LogP) is 5.08. The quantitative estimate of drug-likeness (QED) is 0.802. The van der Waals surface area contributed by atoms with E-state index in [-0.39, 0.29) is 5.56 Å². The lowest BCUT2D eigenvalue weighted by atomic mass is 9.98. The average molecular weight is 361 g/mol. The van der Waals surface area contributed by atoms with Crippen molar-refractivity contribution in [1.29, 1.82) is 0 Å². The van der Waals surface area contributed by atoms with Crippen molar-refractivity contribution in [1.82, 2.24) is 5.32 Å². The van der Waals surface area contributed by atoms with Gasteiger partial charge in [-0.2, -0.15) is 0 Å². The molecule has 0 fully saturated rings. The van der Waals surface area contributed by atoms with Crippen molar-refractivity contribution in [2.75, 3.05) is 6.54 Å². The number of hydrogen-bond acceptors (Lipinski definition) is 1. The third-order valence-corrected chi connectivity index (χ3v) is 4.19. The smallest absolute Gasteiger partial charge is 0.128 e. The second kappa shape index (κ2) is 6.66. The van der Waals surface area contributed by atoms with Gasteiger partial charge in [-0.1, -0.05) is 24.6 Å². The summed E-state index contributed by atoms with van der Waals surface area (Å²) in [4.78, 5) is 0. The molecule has 1 unspecified atom stereocenters. The maximum absolute atomic E-state index is 14.0. The molecule has 0 saturated carbocycles. The van der Waals surface area contributed by atoms with Crippen molar-refractivity contribution in [3.63, 3.8) is 0 Å². The number of halogens is 4. The fourth-order valence-corrected chi connectivity index (χ4v) is 2.47. The first-order chi connectivity index (χ1) is 9.52. The molecule has 0 saturated heterocycles. The Morgan fingerprint density at radius 1 is 1.20 bits per heavy atom. The van der Waals surface area contributed by atoms with Gasteiger partial charge in [0.15, 0.2) is 0 Å². The Labute approximate surface area is 130 Å². The molecule has 1 N–H and O–H groups in total. The lowest BCUT2D eigenvalue weighted by molar-refractivity contribution is 0.545. The van der Waals surface area contributed by atoms with Crippen LogP contribution in [0.15, 0.2) is 40.9 Å². The van der Waals surface area contributed by atoms with E-state index in [1.54, 1.807) is 12.1 Å². The topological polar surface area (TPSA) is 12.0 Å². The number of hydrogen-bond donors (Lipinski definition) is 1. The van der Waals surface area contributed by atoms with Gasteiger partial charge in [0.25, 0.3) is 0 Å². The molecule has 2 aromatic rings. The highest BCUT2D eigenvalue weighted by Gasteiger charge is 2.18. The Balaban J connectivity index is 2.49. The zero-order chi connectivity index (χ0) is 14.7. The Kier molecular flexibility index (Phi) is 5.13. The van der Waals surface area contributed by atoms with E-state index in [1.165, 1.54) is 6.07 Å². The van der Waals surface area contributed by atoms with Crippen LogP contribution in [0.1, 0.15) is 24.1 Å². The van der Waals surface area contributed by atoms with Crippen LogP contribution in [0.5, 0.6) is 0 Å². The summed E-state index contributed by atoms with van der Waals surface area (Å²) in [6.45, 7) is 2.53. The summed E-state index contributed by atoms with van der Waals surface area (Å²) in [5.74, 6) is -0.913. The van der Waals surface area contributed by atoms with Crippen LogP contribution < -0.4 is 5.32 Å². The fourth-order valence-electron chi connectivity index (χ4n) is 2.04. The van der Waals surface area contributed by atoms with Crippen LogP contribution in [0.2, 0.25) is 5.02 Å². The van der Waals surface area contributed by atoms with Crippen LogP contribution in [0.4, 0.5) is 8.78 Å². The Bertz CT molecular complexity index is 619. The van der Waals surface area contributed by atoms with Crippen molar-refractivity contribution in [2.24, 2.45) is 0 Å². The summed E-state index contributed by atoms with van der Waals surface area (Å²) in [6, 6.07) is 8.36. The molecule has 0 aliphatic carbocycles. The SMILES string of the molecule is CCNC(c1ccc(Br)c(Cl)c1)c1cc(F)ccc1F. The molecule has 2 aromatic carbocycles. The molecule has 0 radical (unpaired) electrons. The van der Waals surface area contributed by atoms with Gasteiger partial charge in [-0.15, -0.1) is 0 Å². The zero-order valence-electron chi connectivity index (χ0n) is 10.8. The molecule has 1 atom stereocenters. The van der Waals surface area contributed by atoms with E-state index < -0.39 is 17.7 Å². The highest BCUT2D eigenvalue weighted by molar-refractivity contribution is 9.10. The van der Waals surface area contributed by atoms with Crippen LogP contribution in [-0.2, 0) is 0 Å². The van der Waals surface area contributed by atoms with E-state index in [4.69, 9.17) is 11.6 Å². The first-order valence-corrected chi connectivity index (χ1v) is 7.33. The molecule has 2 rings (SSSR count). The highest BCUT2D eigenvalue weighted by atomic mass is 79.9. The molecule has 20 heavy (non-hydrogen) atoms. The molecule has 0 aliphatic heterocycles. The van der Waals surface area contributed by atoms with Gasteiger partial charge in [0.05, 0.1) is 11.1 Å². The van der Waals surface area contributed by atoms with Crippen molar-refractivity contribution in [3.05, 3.63) is 68.7 Å². The van der Waals surface area contributed by atoms with Gasteiger partial charge in [-0.25, -0.2) is 8.78 Å². The molecule has 1 nitrogen and oxygen atoms in total. The van der Waals surface area contributed by atoms with Crippen molar-refractivity contribution in [3.8, 4) is 0 Å². The molecule has 0 bridgehead atoms. The third kappa shape index (κ3) is 3.37. The first kappa shape index (κ1) is 15.4. The minimum Gasteiger partial charge on any atom is -0.306 e. The van der Waals surface area contributed by atoms with Crippen LogP contribution >= 0.6 is 27.5 Å². The zero-order valence-corrected chi connectivity index (χ0v) is 13.1. The van der Waals surface area contributed by atoms with E-state index in [9.17, 15) is 8.78 Å². The van der Waals surface area contributed by atoms with Crippen molar-refractivity contribution >= 4 is 27.5 Å². The van der Waals surface area contributed by atoms with Crippen molar-refractivity contribution in [2.45, 2.75) is 13.0 Å². The van der Waals surface area contributed by atoms with Gasteiger partial charge < -0.3 is 5.32 Å². The second-order valence-corrected chi connectivity index (χ2v) is 5.59. The summed E-state index contributed by atoms with van der Waals surface area (Å²) >= 11 is 9.39. The number of nitrogens with one attached hydrogen (secondary N) is 1. The first-order valence-electron chi connectivity index (χ1n) is 6.16. The fraction of sp³-hybridized carbons (Fsp3) is 0.200. The third-order valence-electron chi connectivity index (χ3n) is 2.95. The second-order valence-electron chi connectivity index (χ2n) is 4.33. The van der Waals surface area contributed by atoms with Gasteiger partial charge in [0.1, 0.15) is 11.6 Å². The summed E-state index contributed by atoms with van der Waals surface area (Å²) in [5.41, 5.74) is 1.05. The van der Waals surface area contributed by atoms with Crippen LogP contribution in [0.3, 0.4) is 0 Å². The largest absolute Gasteiger partial charge is 0.306 e. The molecule has 0 aromatic heterocycles. The standard InChI is InChI=1S/C15H13BrClF2N/c1-2-20-15(9-3-5-12(16)13(17)7-9)11-8-10(18)4-6-14(11)19/h3-8,15,20H,2H2,1H3. The summed E-state index contributed by atoms with van der Waals surface area (Å²) in [7, 11) is 0. The van der Waals surface area contributed by atoms with Gasteiger partial charge in [-0.05, 0) is 58.4 Å².